The first-order valence-electron chi connectivity index (χ1n) is 9.75. The third-order valence-electron chi connectivity index (χ3n) is 6.36. The standard InChI is InChI=1S/C22H29N3O.ClH/c1-16-5-4-6-19(13-16)25-17(2)14-20(18(25)3)21(26)24-11-8-22(9-12-24)7-10-23-15-22;/h4-6,13-14,23H,7-12,15H2,1-3H3;1H. The fourth-order valence-electron chi connectivity index (χ4n) is 4.72. The van der Waals surface area contributed by atoms with E-state index in [1.54, 1.807) is 0 Å². The molecule has 146 valence electrons. The maximum absolute atomic E-state index is 13.2. The van der Waals surface area contributed by atoms with Gasteiger partial charge < -0.3 is 14.8 Å². The minimum atomic E-state index is 0. The van der Waals surface area contributed by atoms with E-state index in [2.05, 4.69) is 65.9 Å². The lowest BCUT2D eigenvalue weighted by Gasteiger charge is -2.38. The molecule has 4 rings (SSSR count). The molecule has 0 radical (unpaired) electrons. The van der Waals surface area contributed by atoms with Crippen LogP contribution in [0.25, 0.3) is 5.69 Å². The molecule has 0 aliphatic carbocycles. The van der Waals surface area contributed by atoms with Gasteiger partial charge in [-0.25, -0.2) is 0 Å². The molecule has 2 aliphatic heterocycles. The Balaban J connectivity index is 0.00000210. The lowest BCUT2D eigenvalue weighted by atomic mass is 9.78. The Morgan fingerprint density at radius 2 is 1.81 bits per heavy atom. The molecule has 2 fully saturated rings. The van der Waals surface area contributed by atoms with Gasteiger partial charge in [-0.2, -0.15) is 0 Å². The average Bonchev–Trinajstić information content (AvgIpc) is 3.19. The van der Waals surface area contributed by atoms with Gasteiger partial charge in [0, 0.05) is 36.7 Å². The number of carbonyl (C=O) groups excluding carboxylic acids is 1. The van der Waals surface area contributed by atoms with E-state index < -0.39 is 0 Å². The maximum atomic E-state index is 13.2. The first-order valence-corrected chi connectivity index (χ1v) is 9.75. The molecule has 1 spiro atoms. The van der Waals surface area contributed by atoms with Crippen molar-refractivity contribution in [2.75, 3.05) is 26.2 Å². The van der Waals surface area contributed by atoms with Gasteiger partial charge in [0.25, 0.3) is 5.91 Å². The number of aryl methyl sites for hydroxylation is 2. The van der Waals surface area contributed by atoms with Gasteiger partial charge in [-0.05, 0) is 75.8 Å². The van der Waals surface area contributed by atoms with Crippen LogP contribution in [0, 0.1) is 26.2 Å². The summed E-state index contributed by atoms with van der Waals surface area (Å²) in [7, 11) is 0. The highest BCUT2D eigenvalue weighted by Gasteiger charge is 2.38. The SMILES string of the molecule is Cc1cccc(-n2c(C)cc(C(=O)N3CCC4(CCNC4)CC3)c2C)c1.Cl. The summed E-state index contributed by atoms with van der Waals surface area (Å²) in [6.45, 7) is 10.3. The summed E-state index contributed by atoms with van der Waals surface area (Å²) >= 11 is 0. The van der Waals surface area contributed by atoms with Crippen LogP contribution in [0.5, 0.6) is 0 Å². The lowest BCUT2D eigenvalue weighted by Crippen LogP contribution is -2.44. The maximum Gasteiger partial charge on any atom is 0.255 e. The molecular weight excluding hydrogens is 358 g/mol. The molecule has 0 atom stereocenters. The Morgan fingerprint density at radius 3 is 2.44 bits per heavy atom. The van der Waals surface area contributed by atoms with Crippen molar-refractivity contribution in [3.8, 4) is 5.69 Å². The zero-order valence-corrected chi connectivity index (χ0v) is 17.4. The lowest BCUT2D eigenvalue weighted by molar-refractivity contribution is 0.0607. The van der Waals surface area contributed by atoms with E-state index in [0.717, 1.165) is 61.7 Å². The first-order chi connectivity index (χ1) is 12.5. The van der Waals surface area contributed by atoms with Crippen molar-refractivity contribution < 1.29 is 4.79 Å². The average molecular weight is 388 g/mol. The van der Waals surface area contributed by atoms with Crippen LogP contribution in [-0.4, -0.2) is 41.6 Å². The smallest absolute Gasteiger partial charge is 0.255 e. The summed E-state index contributed by atoms with van der Waals surface area (Å²) in [5.74, 6) is 0.192. The number of amides is 1. The number of hydrogen-bond acceptors (Lipinski definition) is 2. The highest BCUT2D eigenvalue weighted by Crippen LogP contribution is 2.37. The van der Waals surface area contributed by atoms with Gasteiger partial charge in [-0.15, -0.1) is 12.4 Å². The second-order valence-corrected chi connectivity index (χ2v) is 8.18. The van der Waals surface area contributed by atoms with Gasteiger partial charge in [0.2, 0.25) is 0 Å². The zero-order valence-electron chi connectivity index (χ0n) is 16.5. The van der Waals surface area contributed by atoms with Crippen LogP contribution in [0.15, 0.2) is 30.3 Å². The van der Waals surface area contributed by atoms with Gasteiger partial charge in [-0.3, -0.25) is 4.79 Å². The van der Waals surface area contributed by atoms with Crippen molar-refractivity contribution in [3.05, 3.63) is 52.8 Å². The quantitative estimate of drug-likeness (QED) is 0.844. The molecule has 2 aliphatic rings. The largest absolute Gasteiger partial charge is 0.339 e. The van der Waals surface area contributed by atoms with Gasteiger partial charge in [0.1, 0.15) is 0 Å². The number of hydrogen-bond donors (Lipinski definition) is 1. The van der Waals surface area contributed by atoms with Crippen LogP contribution in [0.2, 0.25) is 0 Å². The molecule has 2 saturated heterocycles. The van der Waals surface area contributed by atoms with Gasteiger partial charge >= 0.3 is 0 Å². The summed E-state index contributed by atoms with van der Waals surface area (Å²) in [4.78, 5) is 15.2. The van der Waals surface area contributed by atoms with E-state index in [9.17, 15) is 4.79 Å². The number of benzene rings is 1. The van der Waals surface area contributed by atoms with Crippen molar-refractivity contribution in [2.45, 2.75) is 40.0 Å². The number of piperidine rings is 1. The zero-order chi connectivity index (χ0) is 18.3. The Bertz CT molecular complexity index is 826. The highest BCUT2D eigenvalue weighted by molar-refractivity contribution is 5.96. The van der Waals surface area contributed by atoms with E-state index in [-0.39, 0.29) is 18.3 Å². The second kappa shape index (κ2) is 7.69. The van der Waals surface area contributed by atoms with Crippen LogP contribution in [-0.2, 0) is 0 Å². The minimum Gasteiger partial charge on any atom is -0.339 e. The van der Waals surface area contributed by atoms with Gasteiger partial charge in [0.15, 0.2) is 0 Å². The predicted molar refractivity (Wildman–Crippen MR) is 112 cm³/mol. The number of likely N-dealkylation sites (tertiary alicyclic amines) is 1. The van der Waals surface area contributed by atoms with Crippen molar-refractivity contribution in [3.63, 3.8) is 0 Å². The Morgan fingerprint density at radius 1 is 1.07 bits per heavy atom. The van der Waals surface area contributed by atoms with Gasteiger partial charge in [0.05, 0.1) is 5.56 Å². The fraction of sp³-hybridized carbons (Fsp3) is 0.500. The van der Waals surface area contributed by atoms with Crippen LogP contribution >= 0.6 is 12.4 Å². The van der Waals surface area contributed by atoms with E-state index >= 15 is 0 Å². The van der Waals surface area contributed by atoms with Crippen LogP contribution < -0.4 is 5.32 Å². The number of aromatic nitrogens is 1. The second-order valence-electron chi connectivity index (χ2n) is 8.18. The molecule has 1 amide bonds. The van der Waals surface area contributed by atoms with E-state index in [0.29, 0.717) is 5.41 Å². The van der Waals surface area contributed by atoms with Crippen LogP contribution in [0.1, 0.15) is 46.6 Å². The first kappa shape index (κ1) is 20.0. The molecular formula is C22H30ClN3O. The Labute approximate surface area is 168 Å². The van der Waals surface area contributed by atoms with Crippen molar-refractivity contribution >= 4 is 18.3 Å². The monoisotopic (exact) mass is 387 g/mol. The van der Waals surface area contributed by atoms with Crippen molar-refractivity contribution in [1.29, 1.82) is 0 Å². The van der Waals surface area contributed by atoms with Crippen LogP contribution in [0.3, 0.4) is 0 Å². The van der Waals surface area contributed by atoms with E-state index in [1.807, 2.05) is 0 Å². The molecule has 1 aromatic carbocycles. The van der Waals surface area contributed by atoms with Gasteiger partial charge in [-0.1, -0.05) is 12.1 Å². The molecule has 0 unspecified atom stereocenters. The number of nitrogens with zero attached hydrogens (tertiary/aromatic N) is 2. The van der Waals surface area contributed by atoms with Crippen molar-refractivity contribution in [1.82, 2.24) is 14.8 Å². The third kappa shape index (κ3) is 3.65. The fourth-order valence-corrected chi connectivity index (χ4v) is 4.72. The summed E-state index contributed by atoms with van der Waals surface area (Å²) in [6.07, 6.45) is 3.52. The number of carbonyl (C=O) groups is 1. The molecule has 0 saturated carbocycles. The third-order valence-corrected chi connectivity index (χ3v) is 6.36. The Kier molecular flexibility index (Phi) is 5.68. The minimum absolute atomic E-state index is 0. The molecule has 3 heterocycles. The van der Waals surface area contributed by atoms with E-state index in [4.69, 9.17) is 0 Å². The number of nitrogens with one attached hydrogen (secondary N) is 1. The molecule has 27 heavy (non-hydrogen) atoms. The highest BCUT2D eigenvalue weighted by atomic mass is 35.5. The molecule has 0 bridgehead atoms. The Hall–Kier alpha value is -1.78. The predicted octanol–water partition coefficient (Wildman–Crippen LogP) is 4.04. The number of rotatable bonds is 2. The summed E-state index contributed by atoms with van der Waals surface area (Å²) in [6, 6.07) is 10.5. The molecule has 1 N–H and O–H groups in total. The molecule has 1 aromatic heterocycles. The summed E-state index contributed by atoms with van der Waals surface area (Å²) in [5, 5.41) is 3.49. The van der Waals surface area contributed by atoms with E-state index in [1.165, 1.54) is 12.0 Å². The number of halogens is 1. The molecule has 2 aromatic rings. The summed E-state index contributed by atoms with van der Waals surface area (Å²) < 4.78 is 2.20. The summed E-state index contributed by atoms with van der Waals surface area (Å²) in [5.41, 5.74) is 5.81. The molecule has 5 heteroatoms. The molecule has 4 nitrogen and oxygen atoms in total. The topological polar surface area (TPSA) is 37.3 Å². The van der Waals surface area contributed by atoms with Crippen LogP contribution in [0.4, 0.5) is 0 Å². The van der Waals surface area contributed by atoms with Crippen molar-refractivity contribution in [2.24, 2.45) is 5.41 Å². The normalized spacial score (nSPS) is 18.6.